The molecule has 4 rings (SSSR count). The number of nitrogens with one attached hydrogen (secondary N) is 2. The van der Waals surface area contributed by atoms with Gasteiger partial charge in [-0.3, -0.25) is 14.4 Å². The molecule has 3 aromatic carbocycles. The first-order valence-electron chi connectivity index (χ1n) is 11.3. The van der Waals surface area contributed by atoms with Crippen molar-refractivity contribution in [1.29, 1.82) is 0 Å². The van der Waals surface area contributed by atoms with Gasteiger partial charge in [0.2, 0.25) is 0 Å². The normalized spacial score (nSPS) is 15.1. The maximum Gasteiger partial charge on any atom is 0.261 e. The molecule has 1 aliphatic heterocycles. The second-order valence-electron chi connectivity index (χ2n) is 8.47. The Balaban J connectivity index is 1.41. The third-order valence-electron chi connectivity index (χ3n) is 6.06. The van der Waals surface area contributed by atoms with E-state index in [1.54, 1.807) is 12.1 Å². The molecule has 8 heteroatoms. The number of carbonyl (C=O) groups excluding carboxylic acids is 1. The molecule has 3 aromatic rings. The third kappa shape index (κ3) is 5.63. The molecule has 0 unspecified atom stereocenters. The van der Waals surface area contributed by atoms with Crippen LogP contribution in [0.4, 0.5) is 10.1 Å². The van der Waals surface area contributed by atoms with E-state index in [9.17, 15) is 17.6 Å². The van der Waals surface area contributed by atoms with Crippen molar-refractivity contribution < 1.29 is 17.6 Å². The largest absolute Gasteiger partial charge is 0.350 e. The molecule has 1 saturated heterocycles. The Morgan fingerprint density at radius 2 is 1.68 bits per heavy atom. The Labute approximate surface area is 199 Å². The summed E-state index contributed by atoms with van der Waals surface area (Å²) in [6.07, 6.45) is 2.32. The Morgan fingerprint density at radius 1 is 1.00 bits per heavy atom. The highest BCUT2D eigenvalue weighted by molar-refractivity contribution is 7.92. The van der Waals surface area contributed by atoms with E-state index in [1.807, 2.05) is 18.2 Å². The van der Waals surface area contributed by atoms with Crippen LogP contribution in [0.5, 0.6) is 0 Å². The Kier molecular flexibility index (Phi) is 7.29. The average molecular weight is 482 g/mol. The highest BCUT2D eigenvalue weighted by atomic mass is 32.2. The summed E-state index contributed by atoms with van der Waals surface area (Å²) in [4.78, 5) is 15.1. The fraction of sp³-hybridized carbons (Fsp3) is 0.269. The Morgan fingerprint density at radius 3 is 2.32 bits per heavy atom. The summed E-state index contributed by atoms with van der Waals surface area (Å²) < 4.78 is 41.2. The monoisotopic (exact) mass is 481 g/mol. The van der Waals surface area contributed by atoms with Crippen LogP contribution in [0.2, 0.25) is 0 Å². The SMILES string of the molecule is Cc1cc(S(=O)(=O)Nc2ccc(C(=O)NC[C@@H](c3ccccc3)N3CCCC3)cc2)ccc1F. The van der Waals surface area contributed by atoms with Crippen molar-refractivity contribution in [2.24, 2.45) is 0 Å². The molecule has 178 valence electrons. The molecular weight excluding hydrogens is 453 g/mol. The molecule has 0 bridgehead atoms. The zero-order valence-electron chi connectivity index (χ0n) is 19.0. The van der Waals surface area contributed by atoms with Crippen LogP contribution in [-0.2, 0) is 10.0 Å². The summed E-state index contributed by atoms with van der Waals surface area (Å²) in [5.41, 5.74) is 2.18. The maximum atomic E-state index is 13.5. The minimum absolute atomic E-state index is 0.0258. The summed E-state index contributed by atoms with van der Waals surface area (Å²) in [6.45, 7) is 4.02. The van der Waals surface area contributed by atoms with Gasteiger partial charge in [-0.25, -0.2) is 12.8 Å². The summed E-state index contributed by atoms with van der Waals surface area (Å²) in [5.74, 6) is -0.683. The zero-order chi connectivity index (χ0) is 24.1. The molecule has 2 N–H and O–H groups in total. The molecule has 0 saturated carbocycles. The number of nitrogens with zero attached hydrogens (tertiary/aromatic N) is 1. The number of sulfonamides is 1. The molecule has 1 fully saturated rings. The van der Waals surface area contributed by atoms with Crippen molar-refractivity contribution >= 4 is 21.6 Å². The van der Waals surface area contributed by atoms with Gasteiger partial charge in [0.15, 0.2) is 0 Å². The standard InChI is InChI=1S/C26H28FN3O3S/c1-19-17-23(13-14-24(19)27)34(32,33)29-22-11-9-21(10-12-22)26(31)28-18-25(30-15-5-6-16-30)20-7-3-2-4-8-20/h2-4,7-14,17,25,29H,5-6,15-16,18H2,1H3,(H,28,31)/t25-/m0/s1. The average Bonchev–Trinajstić information content (AvgIpc) is 3.36. The van der Waals surface area contributed by atoms with Crippen LogP contribution < -0.4 is 10.0 Å². The molecule has 0 radical (unpaired) electrons. The van der Waals surface area contributed by atoms with Crippen LogP contribution in [-0.4, -0.2) is 38.9 Å². The number of rotatable bonds is 8. The minimum Gasteiger partial charge on any atom is -0.350 e. The molecule has 0 aliphatic carbocycles. The van der Waals surface area contributed by atoms with Gasteiger partial charge < -0.3 is 5.32 Å². The van der Waals surface area contributed by atoms with Crippen LogP contribution in [0.25, 0.3) is 0 Å². The summed E-state index contributed by atoms with van der Waals surface area (Å²) in [5, 5.41) is 3.02. The van der Waals surface area contributed by atoms with Crippen LogP contribution >= 0.6 is 0 Å². The van der Waals surface area contributed by atoms with Crippen molar-refractivity contribution in [1.82, 2.24) is 10.2 Å². The molecule has 1 aliphatic rings. The quantitative estimate of drug-likeness (QED) is 0.497. The first kappa shape index (κ1) is 23.9. The van der Waals surface area contributed by atoms with Crippen LogP contribution in [0.1, 0.15) is 40.4 Å². The van der Waals surface area contributed by atoms with Gasteiger partial charge in [-0.05, 0) is 86.4 Å². The number of hydrogen-bond donors (Lipinski definition) is 2. The number of carbonyl (C=O) groups is 1. The van der Waals surface area contributed by atoms with Crippen molar-refractivity contribution in [3.05, 3.63) is 95.3 Å². The summed E-state index contributed by atoms with van der Waals surface area (Å²) in [6, 6.07) is 20.1. The lowest BCUT2D eigenvalue weighted by molar-refractivity contribution is 0.0938. The third-order valence-corrected chi connectivity index (χ3v) is 7.44. The van der Waals surface area contributed by atoms with Gasteiger partial charge in [-0.2, -0.15) is 0 Å². The van der Waals surface area contributed by atoms with Gasteiger partial charge in [0.05, 0.1) is 10.9 Å². The molecule has 1 amide bonds. The highest BCUT2D eigenvalue weighted by Crippen LogP contribution is 2.25. The molecule has 6 nitrogen and oxygen atoms in total. The van der Waals surface area contributed by atoms with E-state index in [1.165, 1.54) is 36.8 Å². The van der Waals surface area contributed by atoms with E-state index in [0.717, 1.165) is 32.0 Å². The second kappa shape index (κ2) is 10.4. The van der Waals surface area contributed by atoms with E-state index >= 15 is 0 Å². The highest BCUT2D eigenvalue weighted by Gasteiger charge is 2.24. The Bertz CT molecular complexity index is 1240. The molecule has 1 heterocycles. The number of amides is 1. The van der Waals surface area contributed by atoms with Crippen LogP contribution in [0.15, 0.2) is 77.7 Å². The molecule has 0 aromatic heterocycles. The molecule has 0 spiro atoms. The predicted molar refractivity (Wildman–Crippen MR) is 131 cm³/mol. The lowest BCUT2D eigenvalue weighted by Gasteiger charge is -2.28. The first-order valence-corrected chi connectivity index (χ1v) is 12.8. The van der Waals surface area contributed by atoms with Gasteiger partial charge in [-0.15, -0.1) is 0 Å². The minimum atomic E-state index is -3.87. The number of halogens is 1. The smallest absolute Gasteiger partial charge is 0.261 e. The van der Waals surface area contributed by atoms with Gasteiger partial charge in [0, 0.05) is 17.8 Å². The van der Waals surface area contributed by atoms with Crippen molar-refractivity contribution in [3.63, 3.8) is 0 Å². The van der Waals surface area contributed by atoms with Crippen molar-refractivity contribution in [2.45, 2.75) is 30.7 Å². The van der Waals surface area contributed by atoms with Crippen LogP contribution in [0.3, 0.4) is 0 Å². The van der Waals surface area contributed by atoms with Crippen LogP contribution in [0, 0.1) is 12.7 Å². The number of anilines is 1. The summed E-state index contributed by atoms with van der Waals surface area (Å²) >= 11 is 0. The topological polar surface area (TPSA) is 78.5 Å². The van der Waals surface area contributed by atoms with E-state index in [0.29, 0.717) is 17.8 Å². The van der Waals surface area contributed by atoms with E-state index < -0.39 is 15.8 Å². The first-order chi connectivity index (χ1) is 16.3. The Hall–Kier alpha value is -3.23. The van der Waals surface area contributed by atoms with Gasteiger partial charge >= 0.3 is 0 Å². The van der Waals surface area contributed by atoms with E-state index in [4.69, 9.17) is 0 Å². The number of benzene rings is 3. The van der Waals surface area contributed by atoms with Gasteiger partial charge in [-0.1, -0.05) is 30.3 Å². The van der Waals surface area contributed by atoms with Gasteiger partial charge in [0.25, 0.3) is 15.9 Å². The van der Waals surface area contributed by atoms with Gasteiger partial charge in [0.1, 0.15) is 5.82 Å². The fourth-order valence-electron chi connectivity index (χ4n) is 4.17. The maximum absolute atomic E-state index is 13.5. The fourth-order valence-corrected chi connectivity index (χ4v) is 5.31. The molecule has 1 atom stereocenters. The predicted octanol–water partition coefficient (Wildman–Crippen LogP) is 4.50. The lowest BCUT2D eigenvalue weighted by atomic mass is 10.1. The number of aryl methyl sites for hydroxylation is 1. The molecular formula is C26H28FN3O3S. The number of hydrogen-bond acceptors (Lipinski definition) is 4. The van der Waals surface area contributed by atoms with Crippen molar-refractivity contribution in [3.8, 4) is 0 Å². The molecule has 34 heavy (non-hydrogen) atoms. The van der Waals surface area contributed by atoms with Crippen molar-refractivity contribution in [2.75, 3.05) is 24.4 Å². The van der Waals surface area contributed by atoms with E-state index in [-0.39, 0.29) is 22.4 Å². The lowest BCUT2D eigenvalue weighted by Crippen LogP contribution is -2.36. The second-order valence-corrected chi connectivity index (χ2v) is 10.2. The number of likely N-dealkylation sites (tertiary alicyclic amines) is 1. The summed E-state index contributed by atoms with van der Waals surface area (Å²) in [7, 11) is -3.87. The van der Waals surface area contributed by atoms with E-state index in [2.05, 4.69) is 27.1 Å². The zero-order valence-corrected chi connectivity index (χ0v) is 19.8.